The van der Waals surface area contributed by atoms with Crippen molar-refractivity contribution in [2.24, 2.45) is 10.8 Å². The summed E-state index contributed by atoms with van der Waals surface area (Å²) in [4.78, 5) is 49.2. The average molecular weight is 582 g/mol. The summed E-state index contributed by atoms with van der Waals surface area (Å²) in [6.45, 7) is 15.5. The van der Waals surface area contributed by atoms with Crippen molar-refractivity contribution in [1.29, 1.82) is 0 Å². The van der Waals surface area contributed by atoms with Gasteiger partial charge in [0.05, 0.1) is 20.3 Å². The Morgan fingerprint density at radius 2 is 1.44 bits per heavy atom. The first kappa shape index (κ1) is 35.7. The van der Waals surface area contributed by atoms with Crippen molar-refractivity contribution in [3.8, 4) is 11.5 Å². The molecule has 0 fully saturated rings. The van der Waals surface area contributed by atoms with Crippen LogP contribution in [0, 0.1) is 10.8 Å². The lowest BCUT2D eigenvalue weighted by Gasteiger charge is -2.21. The van der Waals surface area contributed by atoms with Crippen molar-refractivity contribution in [2.75, 3.05) is 26.9 Å². The highest BCUT2D eigenvalue weighted by atomic mass is 16.7. The smallest absolute Gasteiger partial charge is 0.468 e. The Morgan fingerprint density at radius 1 is 0.878 bits per heavy atom. The van der Waals surface area contributed by atoms with Gasteiger partial charge in [-0.05, 0) is 48.3 Å². The summed E-state index contributed by atoms with van der Waals surface area (Å²) in [6.07, 6.45) is -0.326. The fourth-order valence-corrected chi connectivity index (χ4v) is 3.20. The van der Waals surface area contributed by atoms with E-state index in [0.717, 1.165) is 12.8 Å². The van der Waals surface area contributed by atoms with E-state index in [1.54, 1.807) is 13.0 Å². The van der Waals surface area contributed by atoms with E-state index in [-0.39, 0.29) is 54.5 Å². The number of unbranched alkanes of at least 4 members (excludes halogenated alkanes) is 1. The van der Waals surface area contributed by atoms with Crippen LogP contribution in [0.25, 0.3) is 0 Å². The van der Waals surface area contributed by atoms with Gasteiger partial charge in [0, 0.05) is 13.0 Å². The molecule has 1 aromatic carbocycles. The molecule has 1 rings (SSSR count). The lowest BCUT2D eigenvalue weighted by atomic mass is 9.99. The Labute approximate surface area is 243 Å². The van der Waals surface area contributed by atoms with Gasteiger partial charge in [-0.1, -0.05) is 61.0 Å². The largest absolute Gasteiger partial charge is 0.513 e. The molecule has 0 bridgehead atoms. The van der Waals surface area contributed by atoms with E-state index in [0.29, 0.717) is 12.0 Å². The molecule has 1 unspecified atom stereocenters. The summed E-state index contributed by atoms with van der Waals surface area (Å²) in [7, 11) is 1.27. The molecule has 11 nitrogen and oxygen atoms in total. The lowest BCUT2D eigenvalue weighted by molar-refractivity contribution is -0.148. The second-order valence-electron chi connectivity index (χ2n) is 12.3. The monoisotopic (exact) mass is 581 g/mol. The fraction of sp³-hybridized carbons (Fsp3) is 0.667. The second-order valence-corrected chi connectivity index (χ2v) is 12.3. The summed E-state index contributed by atoms with van der Waals surface area (Å²) in [6, 6.07) is 3.72. The zero-order chi connectivity index (χ0) is 31.2. The molecule has 2 atom stereocenters. The third-order valence-electron chi connectivity index (χ3n) is 5.29. The highest BCUT2D eigenvalue weighted by Crippen LogP contribution is 2.30. The molecule has 232 valence electrons. The number of carbonyl (C=O) groups is 4. The van der Waals surface area contributed by atoms with Gasteiger partial charge in [-0.3, -0.25) is 9.59 Å². The minimum atomic E-state index is -0.980. The van der Waals surface area contributed by atoms with Crippen molar-refractivity contribution in [3.05, 3.63) is 23.8 Å². The molecule has 1 N–H and O–H groups in total. The maximum absolute atomic E-state index is 12.5. The minimum Gasteiger partial charge on any atom is -0.468 e. The maximum Gasteiger partial charge on any atom is 0.513 e. The maximum atomic E-state index is 12.5. The molecule has 0 aromatic heterocycles. The van der Waals surface area contributed by atoms with Gasteiger partial charge in [0.2, 0.25) is 0 Å². The number of methoxy groups -OCH3 is 1. The van der Waals surface area contributed by atoms with Crippen LogP contribution in [0.1, 0.15) is 80.2 Å². The summed E-state index contributed by atoms with van der Waals surface area (Å²) < 4.78 is 31.4. The van der Waals surface area contributed by atoms with E-state index in [1.165, 1.54) is 19.2 Å². The Morgan fingerprint density at radius 3 is 1.95 bits per heavy atom. The highest BCUT2D eigenvalue weighted by Gasteiger charge is 2.24. The number of ether oxygens (including phenoxy) is 6. The molecule has 0 aliphatic carbocycles. The van der Waals surface area contributed by atoms with Gasteiger partial charge in [0.1, 0.15) is 12.1 Å². The fourth-order valence-electron chi connectivity index (χ4n) is 3.20. The summed E-state index contributed by atoms with van der Waals surface area (Å²) in [5.41, 5.74) is -0.00703. The number of carbonyl (C=O) groups excluding carboxylic acids is 4. The van der Waals surface area contributed by atoms with Crippen LogP contribution in [0.5, 0.6) is 11.5 Å². The molecular formula is C30H47NO10. The Bertz CT molecular complexity index is 1010. The van der Waals surface area contributed by atoms with Crippen molar-refractivity contribution >= 4 is 24.2 Å². The standard InChI is InChI=1S/C30H47NO10/c1-10-11-12-25(32)39-20(2)17-31-22(26(33)36-9)15-21-13-14-23(40-27(34)37-18-29(3,4)5)24(16-21)41-28(35)38-19-30(6,7)8/h13-14,16,20,22,31H,10-12,15,17-19H2,1-9H3/t20?,22-/m0/s1. The summed E-state index contributed by atoms with van der Waals surface area (Å²) in [5.74, 6) is -0.980. The van der Waals surface area contributed by atoms with Gasteiger partial charge in [-0.2, -0.15) is 0 Å². The molecule has 0 heterocycles. The second kappa shape index (κ2) is 16.8. The summed E-state index contributed by atoms with van der Waals surface area (Å²) in [5, 5.41) is 3.07. The third-order valence-corrected chi connectivity index (χ3v) is 5.29. The lowest BCUT2D eigenvalue weighted by Crippen LogP contribution is -2.43. The Hall–Kier alpha value is -3.34. The number of benzene rings is 1. The van der Waals surface area contributed by atoms with Gasteiger partial charge in [0.15, 0.2) is 11.5 Å². The Kier molecular flexibility index (Phi) is 14.6. The molecule has 0 spiro atoms. The predicted molar refractivity (Wildman–Crippen MR) is 152 cm³/mol. The van der Waals surface area contributed by atoms with E-state index in [2.05, 4.69) is 5.32 Å². The van der Waals surface area contributed by atoms with Crippen molar-refractivity contribution in [1.82, 2.24) is 5.32 Å². The van der Waals surface area contributed by atoms with Crippen LogP contribution < -0.4 is 14.8 Å². The van der Waals surface area contributed by atoms with Crippen LogP contribution in [0.15, 0.2) is 18.2 Å². The van der Waals surface area contributed by atoms with E-state index in [9.17, 15) is 19.2 Å². The van der Waals surface area contributed by atoms with Crippen LogP contribution >= 0.6 is 0 Å². The van der Waals surface area contributed by atoms with Crippen LogP contribution in [-0.4, -0.2) is 63.3 Å². The highest BCUT2D eigenvalue weighted by molar-refractivity contribution is 5.76. The topological polar surface area (TPSA) is 136 Å². The van der Waals surface area contributed by atoms with Gasteiger partial charge >= 0.3 is 24.2 Å². The normalized spacial score (nSPS) is 13.0. The van der Waals surface area contributed by atoms with Gasteiger partial charge in [-0.25, -0.2) is 9.59 Å². The molecule has 41 heavy (non-hydrogen) atoms. The van der Waals surface area contributed by atoms with Gasteiger partial charge in [0.25, 0.3) is 0 Å². The molecular weight excluding hydrogens is 534 g/mol. The first-order valence-corrected chi connectivity index (χ1v) is 13.9. The number of esters is 2. The Balaban J connectivity index is 3.08. The number of hydrogen-bond acceptors (Lipinski definition) is 11. The number of hydrogen-bond donors (Lipinski definition) is 1. The van der Waals surface area contributed by atoms with Crippen molar-refractivity contribution in [3.63, 3.8) is 0 Å². The SMILES string of the molecule is CCCCC(=O)OC(C)CN[C@@H](Cc1ccc(OC(=O)OCC(C)(C)C)c(OC(=O)OCC(C)(C)C)c1)C(=O)OC. The molecule has 0 aliphatic rings. The van der Waals surface area contributed by atoms with Crippen LogP contribution in [0.3, 0.4) is 0 Å². The van der Waals surface area contributed by atoms with Crippen LogP contribution in [0.4, 0.5) is 9.59 Å². The molecule has 0 saturated heterocycles. The van der Waals surface area contributed by atoms with E-state index in [1.807, 2.05) is 48.5 Å². The van der Waals surface area contributed by atoms with Gasteiger partial charge in [-0.15, -0.1) is 0 Å². The number of rotatable bonds is 14. The van der Waals surface area contributed by atoms with Crippen LogP contribution in [-0.2, 0) is 35.0 Å². The molecule has 11 heteroatoms. The molecule has 0 aliphatic heterocycles. The first-order chi connectivity index (χ1) is 19.0. The van der Waals surface area contributed by atoms with Crippen molar-refractivity contribution in [2.45, 2.75) is 93.2 Å². The molecule has 0 amide bonds. The zero-order valence-corrected chi connectivity index (χ0v) is 25.9. The van der Waals surface area contributed by atoms with Gasteiger partial charge < -0.3 is 33.7 Å². The zero-order valence-electron chi connectivity index (χ0n) is 25.9. The van der Waals surface area contributed by atoms with Crippen molar-refractivity contribution < 1.29 is 47.6 Å². The quantitative estimate of drug-likeness (QED) is 0.167. The van der Waals surface area contributed by atoms with E-state index >= 15 is 0 Å². The van der Waals surface area contributed by atoms with E-state index in [4.69, 9.17) is 28.4 Å². The van der Waals surface area contributed by atoms with Crippen LogP contribution in [0.2, 0.25) is 0 Å². The molecule has 0 saturated carbocycles. The minimum absolute atomic E-state index is 0.0597. The van der Waals surface area contributed by atoms with E-state index < -0.39 is 30.4 Å². The summed E-state index contributed by atoms with van der Waals surface area (Å²) >= 11 is 0. The third kappa shape index (κ3) is 15.9. The molecule has 1 aromatic rings. The average Bonchev–Trinajstić information content (AvgIpc) is 2.87. The first-order valence-electron chi connectivity index (χ1n) is 13.9. The predicted octanol–water partition coefficient (Wildman–Crippen LogP) is 5.61. The molecule has 0 radical (unpaired) electrons. The number of nitrogens with one attached hydrogen (secondary N) is 1.